The fourth-order valence-electron chi connectivity index (χ4n) is 4.33. The summed E-state index contributed by atoms with van der Waals surface area (Å²) in [6, 6.07) is 15.8. The van der Waals surface area contributed by atoms with Gasteiger partial charge >= 0.3 is 0 Å². The lowest BCUT2D eigenvalue weighted by atomic mass is 9.84. The molecule has 0 aliphatic heterocycles. The number of nitrogens with zero attached hydrogens (tertiary/aromatic N) is 3. The van der Waals surface area contributed by atoms with Crippen molar-refractivity contribution in [3.05, 3.63) is 71.7 Å². The van der Waals surface area contributed by atoms with Crippen LogP contribution in [0.1, 0.15) is 50.3 Å². The van der Waals surface area contributed by atoms with Crippen molar-refractivity contribution in [3.8, 4) is 17.3 Å². The monoisotopic (exact) mass is 447 g/mol. The van der Waals surface area contributed by atoms with Crippen molar-refractivity contribution in [1.82, 2.24) is 14.7 Å². The fraction of sp³-hybridized carbons (Fsp3) is 0.407. The number of aromatic nitrogens is 2. The van der Waals surface area contributed by atoms with Crippen LogP contribution >= 0.6 is 0 Å². The Morgan fingerprint density at radius 1 is 1.09 bits per heavy atom. The maximum Gasteiger partial charge on any atom is 0.227 e. The number of amides is 1. The molecule has 2 saturated carbocycles. The molecule has 172 valence electrons. The number of hydrogen-bond acceptors (Lipinski definition) is 3. The van der Waals surface area contributed by atoms with Gasteiger partial charge in [0.2, 0.25) is 11.8 Å². The molecule has 2 fully saturated rings. The summed E-state index contributed by atoms with van der Waals surface area (Å²) in [6.45, 7) is 3.34. The topological polar surface area (TPSA) is 47.4 Å². The van der Waals surface area contributed by atoms with Crippen molar-refractivity contribution in [2.24, 2.45) is 11.8 Å². The first kappa shape index (κ1) is 21.7. The molecule has 3 aromatic rings. The predicted molar refractivity (Wildman–Crippen MR) is 125 cm³/mol. The third-order valence-corrected chi connectivity index (χ3v) is 6.67. The van der Waals surface area contributed by atoms with Crippen LogP contribution in [0.2, 0.25) is 0 Å². The molecule has 1 heterocycles. The lowest BCUT2D eigenvalue weighted by Gasteiger charge is -2.32. The van der Waals surface area contributed by atoms with E-state index in [1.165, 1.54) is 25.0 Å². The zero-order valence-electron chi connectivity index (χ0n) is 19.0. The number of ether oxygens (including phenoxy) is 1. The van der Waals surface area contributed by atoms with Gasteiger partial charge in [-0.25, -0.2) is 9.07 Å². The highest BCUT2D eigenvalue weighted by molar-refractivity contribution is 5.79. The van der Waals surface area contributed by atoms with E-state index in [9.17, 15) is 9.18 Å². The molecule has 0 atom stereocenters. The molecule has 0 radical (unpaired) electrons. The predicted octanol–water partition coefficient (Wildman–Crippen LogP) is 5.90. The van der Waals surface area contributed by atoms with E-state index in [0.29, 0.717) is 30.5 Å². The maximum absolute atomic E-state index is 13.6. The standard InChI is InChI=1S/C27H30FN3O2/c1-2-25-24(18-30(17-19-11-12-19)26(32)20-7-6-8-20)27(33-23-9-4-3-5-10-23)31(29-25)22-15-13-21(28)14-16-22/h3-5,9-10,13-16,19-20H,2,6-8,11-12,17-18H2,1H3. The van der Waals surface area contributed by atoms with E-state index in [1.54, 1.807) is 16.8 Å². The van der Waals surface area contributed by atoms with Gasteiger partial charge in [0.05, 0.1) is 23.5 Å². The van der Waals surface area contributed by atoms with Gasteiger partial charge in [0.1, 0.15) is 11.6 Å². The Morgan fingerprint density at radius 3 is 2.42 bits per heavy atom. The van der Waals surface area contributed by atoms with E-state index >= 15 is 0 Å². The molecule has 5 nitrogen and oxygen atoms in total. The minimum absolute atomic E-state index is 0.152. The zero-order chi connectivity index (χ0) is 22.8. The van der Waals surface area contributed by atoms with Gasteiger partial charge < -0.3 is 9.64 Å². The van der Waals surface area contributed by atoms with Crippen molar-refractivity contribution in [3.63, 3.8) is 0 Å². The Labute approximate surface area is 194 Å². The van der Waals surface area contributed by atoms with E-state index in [1.807, 2.05) is 35.2 Å². The van der Waals surface area contributed by atoms with Crippen molar-refractivity contribution in [1.29, 1.82) is 0 Å². The van der Waals surface area contributed by atoms with Gasteiger partial charge in [-0.2, -0.15) is 5.10 Å². The number of rotatable bonds is 9. The second-order valence-electron chi connectivity index (χ2n) is 9.18. The molecule has 0 unspecified atom stereocenters. The summed E-state index contributed by atoms with van der Waals surface area (Å²) >= 11 is 0. The highest BCUT2D eigenvalue weighted by atomic mass is 19.1. The van der Waals surface area contributed by atoms with E-state index < -0.39 is 0 Å². The molecule has 1 aromatic heterocycles. The first-order valence-corrected chi connectivity index (χ1v) is 12.0. The molecule has 1 amide bonds. The number of halogens is 1. The first-order valence-electron chi connectivity index (χ1n) is 12.0. The highest BCUT2D eigenvalue weighted by Gasteiger charge is 2.34. The lowest BCUT2D eigenvalue weighted by Crippen LogP contribution is -2.39. The Hall–Kier alpha value is -3.15. The Kier molecular flexibility index (Phi) is 6.16. The fourth-order valence-corrected chi connectivity index (χ4v) is 4.33. The third kappa shape index (κ3) is 4.80. The summed E-state index contributed by atoms with van der Waals surface area (Å²) < 4.78 is 21.7. The average molecular weight is 448 g/mol. The second-order valence-corrected chi connectivity index (χ2v) is 9.18. The molecule has 33 heavy (non-hydrogen) atoms. The largest absolute Gasteiger partial charge is 0.439 e. The molecular formula is C27H30FN3O2. The average Bonchev–Trinajstić information content (AvgIpc) is 3.55. The van der Waals surface area contributed by atoms with Gasteiger partial charge in [0.15, 0.2) is 0 Å². The first-order chi connectivity index (χ1) is 16.1. The van der Waals surface area contributed by atoms with Crippen LogP contribution in [0.5, 0.6) is 11.6 Å². The van der Waals surface area contributed by atoms with Crippen LogP contribution in [-0.2, 0) is 17.8 Å². The van der Waals surface area contributed by atoms with Gasteiger partial charge in [-0.3, -0.25) is 4.79 Å². The minimum Gasteiger partial charge on any atom is -0.439 e. The summed E-state index contributed by atoms with van der Waals surface area (Å²) in [5, 5.41) is 4.84. The van der Waals surface area contributed by atoms with Gasteiger partial charge in [0, 0.05) is 12.5 Å². The number of carbonyl (C=O) groups is 1. The van der Waals surface area contributed by atoms with Crippen molar-refractivity contribution >= 4 is 5.91 Å². The molecule has 2 aliphatic rings. The van der Waals surface area contributed by atoms with Crippen LogP contribution in [0, 0.1) is 17.7 Å². The Morgan fingerprint density at radius 2 is 1.82 bits per heavy atom. The summed E-state index contributed by atoms with van der Waals surface area (Å²) in [5.74, 6) is 2.00. The molecule has 0 N–H and O–H groups in total. The van der Waals surface area contributed by atoms with E-state index in [-0.39, 0.29) is 17.6 Å². The maximum atomic E-state index is 13.6. The number of hydrogen-bond donors (Lipinski definition) is 0. The third-order valence-electron chi connectivity index (χ3n) is 6.67. The Bertz CT molecular complexity index is 1100. The van der Waals surface area contributed by atoms with E-state index in [0.717, 1.165) is 42.8 Å². The van der Waals surface area contributed by atoms with Crippen LogP contribution in [-0.4, -0.2) is 27.1 Å². The van der Waals surface area contributed by atoms with Crippen LogP contribution < -0.4 is 4.74 Å². The van der Waals surface area contributed by atoms with Gasteiger partial charge in [0.25, 0.3) is 0 Å². The van der Waals surface area contributed by atoms with Gasteiger partial charge in [-0.05, 0) is 74.4 Å². The Balaban J connectivity index is 1.55. The highest BCUT2D eigenvalue weighted by Crippen LogP contribution is 2.37. The van der Waals surface area contributed by atoms with Crippen LogP contribution in [0.3, 0.4) is 0 Å². The summed E-state index contributed by atoms with van der Waals surface area (Å²) in [4.78, 5) is 15.3. The van der Waals surface area contributed by atoms with Crippen LogP contribution in [0.4, 0.5) is 4.39 Å². The lowest BCUT2D eigenvalue weighted by molar-refractivity contribution is -0.139. The number of benzene rings is 2. The second kappa shape index (κ2) is 9.38. The van der Waals surface area contributed by atoms with Gasteiger partial charge in [-0.1, -0.05) is 31.5 Å². The summed E-state index contributed by atoms with van der Waals surface area (Å²) in [5.41, 5.74) is 2.55. The minimum atomic E-state index is -0.297. The van der Waals surface area contributed by atoms with Crippen LogP contribution in [0.15, 0.2) is 54.6 Å². The quantitative estimate of drug-likeness (QED) is 0.410. The van der Waals surface area contributed by atoms with Crippen molar-refractivity contribution in [2.75, 3.05) is 6.54 Å². The van der Waals surface area contributed by atoms with E-state index in [4.69, 9.17) is 9.84 Å². The van der Waals surface area contributed by atoms with Crippen molar-refractivity contribution in [2.45, 2.75) is 52.0 Å². The normalized spacial score (nSPS) is 15.8. The smallest absolute Gasteiger partial charge is 0.227 e. The van der Waals surface area contributed by atoms with Crippen LogP contribution in [0.25, 0.3) is 5.69 Å². The molecule has 5 rings (SSSR count). The van der Waals surface area contributed by atoms with E-state index in [2.05, 4.69) is 6.92 Å². The summed E-state index contributed by atoms with van der Waals surface area (Å²) in [7, 11) is 0. The zero-order valence-corrected chi connectivity index (χ0v) is 19.0. The SMILES string of the molecule is CCc1nn(-c2ccc(F)cc2)c(Oc2ccccc2)c1CN(CC1CC1)C(=O)C1CCC1. The molecule has 6 heteroatoms. The molecule has 0 bridgehead atoms. The molecule has 2 aromatic carbocycles. The van der Waals surface area contributed by atoms with Crippen molar-refractivity contribution < 1.29 is 13.9 Å². The summed E-state index contributed by atoms with van der Waals surface area (Å²) in [6.07, 6.45) is 6.21. The molecular weight excluding hydrogens is 417 g/mol. The molecule has 0 saturated heterocycles. The van der Waals surface area contributed by atoms with Gasteiger partial charge in [-0.15, -0.1) is 0 Å². The number of para-hydroxylation sites is 1. The number of aryl methyl sites for hydroxylation is 1. The molecule has 0 spiro atoms. The molecule has 2 aliphatic carbocycles. The number of carbonyl (C=O) groups excluding carboxylic acids is 1.